The summed E-state index contributed by atoms with van der Waals surface area (Å²) in [4.78, 5) is 19.9. The van der Waals surface area contributed by atoms with Crippen molar-refractivity contribution >= 4 is 23.2 Å². The first-order valence-corrected chi connectivity index (χ1v) is 10.8. The second-order valence-electron chi connectivity index (χ2n) is 6.82. The van der Waals surface area contributed by atoms with E-state index in [1.54, 1.807) is 23.5 Å². The van der Waals surface area contributed by atoms with Crippen LogP contribution in [0.4, 0.5) is 0 Å². The monoisotopic (exact) mass is 415 g/mol. The van der Waals surface area contributed by atoms with Crippen LogP contribution in [-0.2, 0) is 11.3 Å². The topological polar surface area (TPSA) is 92.0 Å². The number of carbonyl (C=O) groups excluding carboxylic acids is 1. The molecule has 1 atom stereocenters. The lowest BCUT2D eigenvalue weighted by molar-refractivity contribution is 0.0177. The molecule has 1 unspecified atom stereocenters. The van der Waals surface area contributed by atoms with Crippen molar-refractivity contribution in [2.75, 3.05) is 39.4 Å². The highest BCUT2D eigenvalue weighted by Gasteiger charge is 2.23. The van der Waals surface area contributed by atoms with Crippen molar-refractivity contribution in [3.63, 3.8) is 0 Å². The Morgan fingerprint density at radius 1 is 1.28 bits per heavy atom. The molecule has 2 aromatic rings. The van der Waals surface area contributed by atoms with Crippen LogP contribution in [0.25, 0.3) is 0 Å². The number of thiophene rings is 1. The molecule has 1 aliphatic rings. The Bertz CT molecular complexity index is 803. The van der Waals surface area contributed by atoms with E-state index in [0.29, 0.717) is 12.1 Å². The van der Waals surface area contributed by atoms with Crippen LogP contribution in [0, 0.1) is 0 Å². The highest BCUT2D eigenvalue weighted by molar-refractivity contribution is 7.10. The first-order chi connectivity index (χ1) is 14.2. The molecule has 29 heavy (non-hydrogen) atoms. The highest BCUT2D eigenvalue weighted by Crippen LogP contribution is 2.25. The van der Waals surface area contributed by atoms with E-state index in [1.165, 1.54) is 4.88 Å². The molecular weight excluding hydrogens is 386 g/mol. The number of nitrogens with zero attached hydrogens (tertiary/aromatic N) is 2. The second kappa shape index (κ2) is 10.9. The summed E-state index contributed by atoms with van der Waals surface area (Å²) in [5.74, 6) is 0.331. The van der Waals surface area contributed by atoms with E-state index in [0.717, 1.165) is 50.9 Å². The molecule has 8 heteroatoms. The van der Waals surface area contributed by atoms with Gasteiger partial charge in [0.05, 0.1) is 25.8 Å². The number of ether oxygens (including phenoxy) is 1. The van der Waals surface area contributed by atoms with Crippen LogP contribution in [-0.4, -0.2) is 56.2 Å². The minimum atomic E-state index is -0.426. The van der Waals surface area contributed by atoms with Gasteiger partial charge in [0.25, 0.3) is 0 Å². The summed E-state index contributed by atoms with van der Waals surface area (Å²) in [6.07, 6.45) is 0. The van der Waals surface area contributed by atoms with Crippen molar-refractivity contribution < 1.29 is 9.53 Å². The maximum Gasteiger partial charge on any atom is 0.248 e. The van der Waals surface area contributed by atoms with Crippen LogP contribution in [0.5, 0.6) is 0 Å². The predicted molar refractivity (Wildman–Crippen MR) is 117 cm³/mol. The Morgan fingerprint density at radius 3 is 2.79 bits per heavy atom. The molecule has 7 nitrogen and oxygen atoms in total. The molecular formula is C21H29N5O2S. The second-order valence-corrected chi connectivity index (χ2v) is 7.80. The van der Waals surface area contributed by atoms with Gasteiger partial charge in [0.2, 0.25) is 5.91 Å². The molecule has 1 fully saturated rings. The quantitative estimate of drug-likeness (QED) is 0.453. The van der Waals surface area contributed by atoms with Gasteiger partial charge in [-0.3, -0.25) is 9.69 Å². The van der Waals surface area contributed by atoms with Crippen molar-refractivity contribution in [1.29, 1.82) is 0 Å². The maximum absolute atomic E-state index is 11.4. The number of hydrogen-bond acceptors (Lipinski definition) is 5. The zero-order valence-corrected chi connectivity index (χ0v) is 17.6. The minimum absolute atomic E-state index is 0.279. The van der Waals surface area contributed by atoms with E-state index in [9.17, 15) is 4.79 Å². The number of primary amides is 1. The van der Waals surface area contributed by atoms with Crippen LogP contribution in [0.1, 0.15) is 33.8 Å². The lowest BCUT2D eigenvalue weighted by atomic mass is 10.1. The smallest absolute Gasteiger partial charge is 0.248 e. The third-order valence-electron chi connectivity index (χ3n) is 4.80. The lowest BCUT2D eigenvalue weighted by Crippen LogP contribution is -2.46. The summed E-state index contributed by atoms with van der Waals surface area (Å²) in [7, 11) is 0. The molecule has 1 aliphatic heterocycles. The average Bonchev–Trinajstić information content (AvgIpc) is 3.27. The van der Waals surface area contributed by atoms with Crippen molar-refractivity contribution in [1.82, 2.24) is 15.5 Å². The largest absolute Gasteiger partial charge is 0.379 e. The van der Waals surface area contributed by atoms with Crippen LogP contribution in [0.2, 0.25) is 0 Å². The molecule has 1 aromatic carbocycles. The van der Waals surface area contributed by atoms with E-state index in [2.05, 4.69) is 38.0 Å². The Balaban J connectivity index is 1.67. The lowest BCUT2D eigenvalue weighted by Gasteiger charge is -2.34. The summed E-state index contributed by atoms with van der Waals surface area (Å²) < 4.78 is 5.52. The molecule has 1 amide bonds. The van der Waals surface area contributed by atoms with E-state index in [1.807, 2.05) is 19.1 Å². The van der Waals surface area contributed by atoms with Gasteiger partial charge in [-0.2, -0.15) is 0 Å². The molecule has 0 radical (unpaired) electrons. The summed E-state index contributed by atoms with van der Waals surface area (Å²) in [5, 5.41) is 8.91. The molecule has 0 aliphatic carbocycles. The number of amides is 1. The number of nitrogens with one attached hydrogen (secondary N) is 2. The van der Waals surface area contributed by atoms with Gasteiger partial charge in [0, 0.05) is 36.6 Å². The Morgan fingerprint density at radius 2 is 2.10 bits per heavy atom. The number of aliphatic imine (C=N–C) groups is 1. The summed E-state index contributed by atoms with van der Waals surface area (Å²) in [6.45, 7) is 7.44. The number of rotatable bonds is 8. The number of morpholine rings is 1. The van der Waals surface area contributed by atoms with E-state index in [4.69, 9.17) is 10.5 Å². The van der Waals surface area contributed by atoms with Crippen LogP contribution in [0.3, 0.4) is 0 Å². The zero-order valence-electron chi connectivity index (χ0n) is 16.8. The summed E-state index contributed by atoms with van der Waals surface area (Å²) in [6, 6.07) is 11.8. The van der Waals surface area contributed by atoms with Gasteiger partial charge in [0.1, 0.15) is 0 Å². The third-order valence-corrected chi connectivity index (χ3v) is 5.77. The number of hydrogen-bond donors (Lipinski definition) is 3. The molecule has 3 rings (SSSR count). The van der Waals surface area contributed by atoms with E-state index in [-0.39, 0.29) is 6.04 Å². The number of carbonyl (C=O) groups is 1. The van der Waals surface area contributed by atoms with Crippen LogP contribution >= 0.6 is 11.3 Å². The predicted octanol–water partition coefficient (Wildman–Crippen LogP) is 1.98. The zero-order chi connectivity index (χ0) is 20.5. The molecule has 2 heterocycles. The highest BCUT2D eigenvalue weighted by atomic mass is 32.1. The van der Waals surface area contributed by atoms with E-state index < -0.39 is 5.91 Å². The molecule has 156 valence electrons. The Kier molecular flexibility index (Phi) is 8.03. The number of guanidine groups is 1. The van der Waals surface area contributed by atoms with E-state index >= 15 is 0 Å². The van der Waals surface area contributed by atoms with Gasteiger partial charge in [-0.25, -0.2) is 4.99 Å². The summed E-state index contributed by atoms with van der Waals surface area (Å²) in [5.41, 5.74) is 6.82. The number of benzene rings is 1. The fourth-order valence-electron chi connectivity index (χ4n) is 3.31. The molecule has 0 bridgehead atoms. The first-order valence-electron chi connectivity index (χ1n) is 9.93. The van der Waals surface area contributed by atoms with Crippen molar-refractivity contribution in [2.24, 2.45) is 10.7 Å². The molecule has 0 saturated carbocycles. The first kappa shape index (κ1) is 21.3. The molecule has 1 aromatic heterocycles. The van der Waals surface area contributed by atoms with Crippen molar-refractivity contribution in [2.45, 2.75) is 19.5 Å². The SMILES string of the molecule is CCNC(=NCc1cccc(C(N)=O)c1)NCC(c1cccs1)N1CCOCC1. The fourth-order valence-corrected chi connectivity index (χ4v) is 4.17. The normalized spacial score (nSPS) is 16.4. The van der Waals surface area contributed by atoms with Gasteiger partial charge < -0.3 is 21.1 Å². The Hall–Kier alpha value is -2.42. The van der Waals surface area contributed by atoms with Gasteiger partial charge >= 0.3 is 0 Å². The van der Waals surface area contributed by atoms with Gasteiger partial charge in [0.15, 0.2) is 5.96 Å². The maximum atomic E-state index is 11.4. The Labute approximate surface area is 176 Å². The van der Waals surface area contributed by atoms with Gasteiger partial charge in [-0.15, -0.1) is 11.3 Å². The molecule has 1 saturated heterocycles. The average molecular weight is 416 g/mol. The summed E-state index contributed by atoms with van der Waals surface area (Å²) >= 11 is 1.78. The van der Waals surface area contributed by atoms with Crippen molar-refractivity contribution in [3.8, 4) is 0 Å². The fraction of sp³-hybridized carbons (Fsp3) is 0.429. The standard InChI is InChI=1S/C21H29N5O2S/c1-2-23-21(24-14-16-5-3-6-17(13-16)20(22)27)25-15-18(19-7-4-12-29-19)26-8-10-28-11-9-26/h3-7,12-13,18H,2,8-11,14-15H2,1H3,(H2,22,27)(H2,23,24,25). The molecule has 4 N–H and O–H groups in total. The minimum Gasteiger partial charge on any atom is -0.379 e. The van der Waals surface area contributed by atoms with Crippen molar-refractivity contribution in [3.05, 3.63) is 57.8 Å². The molecule has 0 spiro atoms. The number of nitrogens with two attached hydrogens (primary N) is 1. The van der Waals surface area contributed by atoms with Crippen LogP contribution in [0.15, 0.2) is 46.8 Å². The van der Waals surface area contributed by atoms with Crippen LogP contribution < -0.4 is 16.4 Å². The van der Waals surface area contributed by atoms with Gasteiger partial charge in [-0.1, -0.05) is 18.2 Å². The third kappa shape index (κ3) is 6.28. The van der Waals surface area contributed by atoms with Gasteiger partial charge in [-0.05, 0) is 36.1 Å².